The van der Waals surface area contributed by atoms with Gasteiger partial charge in [0.2, 0.25) is 5.91 Å². The smallest absolute Gasteiger partial charge is 0.243 e. The first kappa shape index (κ1) is 13.2. The van der Waals surface area contributed by atoms with Gasteiger partial charge < -0.3 is 10.6 Å². The Morgan fingerprint density at radius 3 is 2.95 bits per heavy atom. The lowest BCUT2D eigenvalue weighted by Crippen LogP contribution is -2.38. The lowest BCUT2D eigenvalue weighted by Gasteiger charge is -2.12. The lowest BCUT2D eigenvalue weighted by molar-refractivity contribution is -0.121. The van der Waals surface area contributed by atoms with Gasteiger partial charge in [0.25, 0.3) is 0 Å². The van der Waals surface area contributed by atoms with E-state index in [0.717, 1.165) is 11.3 Å². The van der Waals surface area contributed by atoms with Gasteiger partial charge in [0.1, 0.15) is 6.04 Å². The van der Waals surface area contributed by atoms with Crippen LogP contribution in [0.25, 0.3) is 0 Å². The number of rotatable bonds is 3. The molecule has 2 N–H and O–H groups in total. The van der Waals surface area contributed by atoms with E-state index in [2.05, 4.69) is 16.7 Å². The topological polar surface area (TPSA) is 64.9 Å². The number of anilines is 1. The van der Waals surface area contributed by atoms with Crippen molar-refractivity contribution in [2.75, 3.05) is 5.32 Å². The average Bonchev–Trinajstić information content (AvgIpc) is 2.97. The summed E-state index contributed by atoms with van der Waals surface area (Å²) in [6.07, 6.45) is 0.709. The molecule has 0 aromatic heterocycles. The van der Waals surface area contributed by atoms with Gasteiger partial charge in [0, 0.05) is 18.7 Å². The number of hydrogen-bond acceptors (Lipinski definition) is 3. The molecule has 0 aliphatic carbocycles. The van der Waals surface area contributed by atoms with Gasteiger partial charge in [-0.2, -0.15) is 5.26 Å². The molecule has 2 aromatic rings. The molecule has 3 rings (SSSR count). The van der Waals surface area contributed by atoms with Gasteiger partial charge in [0.05, 0.1) is 11.6 Å². The second kappa shape index (κ2) is 5.68. The molecule has 4 nitrogen and oxygen atoms in total. The first-order chi connectivity index (χ1) is 10.3. The van der Waals surface area contributed by atoms with E-state index < -0.39 is 0 Å². The highest BCUT2D eigenvalue weighted by molar-refractivity contribution is 5.87. The summed E-state index contributed by atoms with van der Waals surface area (Å²) >= 11 is 0. The molecule has 0 radical (unpaired) electrons. The summed E-state index contributed by atoms with van der Waals surface area (Å²) in [6, 6.07) is 17.1. The molecule has 0 bridgehead atoms. The largest absolute Gasteiger partial charge is 0.373 e. The van der Waals surface area contributed by atoms with E-state index in [1.807, 2.05) is 36.4 Å². The van der Waals surface area contributed by atoms with E-state index in [9.17, 15) is 4.79 Å². The van der Waals surface area contributed by atoms with E-state index >= 15 is 0 Å². The van der Waals surface area contributed by atoms with E-state index in [1.165, 1.54) is 5.56 Å². The molecule has 1 heterocycles. The summed E-state index contributed by atoms with van der Waals surface area (Å²) in [5.41, 5.74) is 3.74. The summed E-state index contributed by atoms with van der Waals surface area (Å²) in [5.74, 6) is -0.0199. The van der Waals surface area contributed by atoms with E-state index in [1.54, 1.807) is 12.1 Å². The van der Waals surface area contributed by atoms with Crippen molar-refractivity contribution in [3.8, 4) is 6.07 Å². The minimum Gasteiger partial charge on any atom is -0.373 e. The molecule has 0 saturated heterocycles. The zero-order valence-electron chi connectivity index (χ0n) is 11.5. The third kappa shape index (κ3) is 2.87. The maximum atomic E-state index is 12.2. The molecule has 0 spiro atoms. The van der Waals surface area contributed by atoms with Gasteiger partial charge in [-0.3, -0.25) is 4.79 Å². The quantitative estimate of drug-likeness (QED) is 0.904. The fraction of sp³-hybridized carbons (Fsp3) is 0.176. The van der Waals surface area contributed by atoms with Crippen LogP contribution in [0.15, 0.2) is 48.5 Å². The number of carbonyl (C=O) groups excluding carboxylic acids is 1. The van der Waals surface area contributed by atoms with Crippen LogP contribution in [0.2, 0.25) is 0 Å². The maximum absolute atomic E-state index is 12.2. The van der Waals surface area contributed by atoms with Crippen molar-refractivity contribution in [3.05, 3.63) is 65.2 Å². The van der Waals surface area contributed by atoms with Gasteiger partial charge in [-0.1, -0.05) is 30.3 Å². The monoisotopic (exact) mass is 277 g/mol. The standard InChI is InChI=1S/C17H15N3O/c18-10-12-4-3-5-13(8-12)11-19-17(21)16-9-14-6-1-2-7-15(14)20-16/h1-8,16,20H,9,11H2,(H,19,21)/t16-/m0/s1. The summed E-state index contributed by atoms with van der Waals surface area (Å²) in [7, 11) is 0. The number of fused-ring (bicyclic) bond motifs is 1. The van der Waals surface area contributed by atoms with Crippen LogP contribution in [-0.4, -0.2) is 11.9 Å². The van der Waals surface area contributed by atoms with Crippen LogP contribution >= 0.6 is 0 Å². The van der Waals surface area contributed by atoms with Crippen LogP contribution in [-0.2, 0) is 17.8 Å². The third-order valence-corrected chi connectivity index (χ3v) is 3.61. The molecule has 0 unspecified atom stereocenters. The van der Waals surface area contributed by atoms with E-state index in [4.69, 9.17) is 5.26 Å². The number of nitriles is 1. The fourth-order valence-corrected chi connectivity index (χ4v) is 2.52. The Morgan fingerprint density at radius 1 is 1.29 bits per heavy atom. The van der Waals surface area contributed by atoms with Crippen molar-refractivity contribution >= 4 is 11.6 Å². The Hall–Kier alpha value is -2.80. The van der Waals surface area contributed by atoms with Gasteiger partial charge in [-0.15, -0.1) is 0 Å². The Bertz CT molecular complexity index is 693. The summed E-state index contributed by atoms with van der Waals surface area (Å²) in [4.78, 5) is 12.2. The highest BCUT2D eigenvalue weighted by Gasteiger charge is 2.25. The fourth-order valence-electron chi connectivity index (χ4n) is 2.52. The maximum Gasteiger partial charge on any atom is 0.243 e. The van der Waals surface area contributed by atoms with Crippen molar-refractivity contribution in [1.29, 1.82) is 5.26 Å². The van der Waals surface area contributed by atoms with Crippen LogP contribution in [0.3, 0.4) is 0 Å². The van der Waals surface area contributed by atoms with Gasteiger partial charge in [-0.05, 0) is 29.3 Å². The third-order valence-electron chi connectivity index (χ3n) is 3.61. The number of carbonyl (C=O) groups is 1. The van der Waals surface area contributed by atoms with Crippen LogP contribution in [0.5, 0.6) is 0 Å². The van der Waals surface area contributed by atoms with Gasteiger partial charge in [0.15, 0.2) is 0 Å². The number of nitrogens with zero attached hydrogens (tertiary/aromatic N) is 1. The van der Waals surface area contributed by atoms with Crippen LogP contribution in [0, 0.1) is 11.3 Å². The van der Waals surface area contributed by atoms with E-state index in [0.29, 0.717) is 18.5 Å². The normalized spacial score (nSPS) is 15.7. The van der Waals surface area contributed by atoms with E-state index in [-0.39, 0.29) is 11.9 Å². The number of nitrogens with one attached hydrogen (secondary N) is 2. The first-order valence-electron chi connectivity index (χ1n) is 6.87. The molecule has 4 heteroatoms. The Balaban J connectivity index is 1.60. The van der Waals surface area contributed by atoms with Crippen molar-refractivity contribution in [1.82, 2.24) is 5.32 Å². The van der Waals surface area contributed by atoms with Crippen molar-refractivity contribution in [2.24, 2.45) is 0 Å². The Kier molecular flexibility index (Phi) is 3.57. The minimum absolute atomic E-state index is 0.0199. The molecule has 1 aliphatic rings. The highest BCUT2D eigenvalue weighted by Crippen LogP contribution is 2.25. The molecule has 1 amide bonds. The lowest BCUT2D eigenvalue weighted by atomic mass is 10.1. The number of benzene rings is 2. The van der Waals surface area contributed by atoms with Crippen LogP contribution in [0.4, 0.5) is 5.69 Å². The van der Waals surface area contributed by atoms with Crippen LogP contribution < -0.4 is 10.6 Å². The second-order valence-corrected chi connectivity index (χ2v) is 5.09. The molecule has 21 heavy (non-hydrogen) atoms. The number of para-hydroxylation sites is 1. The van der Waals surface area contributed by atoms with Crippen LogP contribution in [0.1, 0.15) is 16.7 Å². The molecule has 1 aliphatic heterocycles. The molecule has 1 atom stereocenters. The van der Waals surface area contributed by atoms with Gasteiger partial charge in [-0.25, -0.2) is 0 Å². The number of hydrogen-bond donors (Lipinski definition) is 2. The first-order valence-corrected chi connectivity index (χ1v) is 6.87. The summed E-state index contributed by atoms with van der Waals surface area (Å²) in [6.45, 7) is 0.433. The predicted octanol–water partition coefficient (Wildman–Crippen LogP) is 2.21. The SMILES string of the molecule is N#Cc1cccc(CNC(=O)[C@@H]2Cc3ccccc3N2)c1. The van der Waals surface area contributed by atoms with Gasteiger partial charge >= 0.3 is 0 Å². The molecule has 0 fully saturated rings. The summed E-state index contributed by atoms with van der Waals surface area (Å²) < 4.78 is 0. The highest BCUT2D eigenvalue weighted by atomic mass is 16.2. The molecule has 0 saturated carbocycles. The van der Waals surface area contributed by atoms with Crippen molar-refractivity contribution < 1.29 is 4.79 Å². The molecule has 2 aromatic carbocycles. The molecule has 104 valence electrons. The predicted molar refractivity (Wildman–Crippen MR) is 80.6 cm³/mol. The molecular formula is C17H15N3O. The Morgan fingerprint density at radius 2 is 2.14 bits per heavy atom. The average molecular weight is 277 g/mol. The van der Waals surface area contributed by atoms with Crippen molar-refractivity contribution in [3.63, 3.8) is 0 Å². The second-order valence-electron chi connectivity index (χ2n) is 5.09. The molecular weight excluding hydrogens is 262 g/mol. The zero-order chi connectivity index (χ0) is 14.7. The van der Waals surface area contributed by atoms with Crippen molar-refractivity contribution in [2.45, 2.75) is 19.0 Å². The minimum atomic E-state index is -0.221. The zero-order valence-corrected chi connectivity index (χ0v) is 11.5. The summed E-state index contributed by atoms with van der Waals surface area (Å²) in [5, 5.41) is 15.0. The number of amides is 1. The Labute approximate surface area is 123 Å².